The quantitative estimate of drug-likeness (QED) is 0.529. The van der Waals surface area contributed by atoms with Crippen molar-refractivity contribution in [2.24, 2.45) is 0 Å². The third-order valence-electron chi connectivity index (χ3n) is 1.24. The zero-order valence-corrected chi connectivity index (χ0v) is 6.98. The molecule has 0 rings (SSSR count). The Morgan fingerprint density at radius 3 is 2.17 bits per heavy atom. The number of hydrogen-bond acceptors (Lipinski definition) is 5. The van der Waals surface area contributed by atoms with E-state index in [1.165, 1.54) is 0 Å². The second kappa shape index (κ2) is 4.84. The van der Waals surface area contributed by atoms with E-state index in [1.54, 1.807) is 6.92 Å². The molecule has 0 aliphatic rings. The smallest absolute Gasteiger partial charge is 0.338 e. The van der Waals surface area contributed by atoms with Gasteiger partial charge in [-0.15, -0.1) is 0 Å². The highest BCUT2D eigenvalue weighted by molar-refractivity contribution is 5.88. The Morgan fingerprint density at radius 1 is 1.33 bits per heavy atom. The Balaban J connectivity index is 4.09. The summed E-state index contributed by atoms with van der Waals surface area (Å²) in [5.41, 5.74) is 0. The Hall–Kier alpha value is -0.940. The number of carbonyl (C=O) groups is 2. The van der Waals surface area contributed by atoms with Gasteiger partial charge >= 0.3 is 5.97 Å². The average Bonchev–Trinajstić information content (AvgIpc) is 2.02. The van der Waals surface area contributed by atoms with Crippen LogP contribution in [0.5, 0.6) is 0 Å². The van der Waals surface area contributed by atoms with E-state index >= 15 is 0 Å². The van der Waals surface area contributed by atoms with Crippen LogP contribution in [0.2, 0.25) is 0 Å². The number of ether oxygens (including phenoxy) is 1. The molecular formula is C7H12O5. The van der Waals surface area contributed by atoms with Crippen LogP contribution in [0.4, 0.5) is 0 Å². The van der Waals surface area contributed by atoms with Gasteiger partial charge in [0.2, 0.25) is 0 Å². The molecule has 0 aromatic carbocycles. The van der Waals surface area contributed by atoms with Gasteiger partial charge in [0, 0.05) is 0 Å². The Morgan fingerprint density at radius 2 is 1.83 bits per heavy atom. The number of carbonyl (C=O) groups excluding carboxylic acids is 2. The standard InChI is InChI=1S/C7H12O5/c1-3-12-7(11)6(10)5(9)4(2)8/h5-6,9-10H,3H2,1-2H3. The van der Waals surface area contributed by atoms with E-state index in [0.29, 0.717) is 0 Å². The summed E-state index contributed by atoms with van der Waals surface area (Å²) in [5.74, 6) is -1.66. The van der Waals surface area contributed by atoms with Gasteiger partial charge in [0.15, 0.2) is 11.9 Å². The lowest BCUT2D eigenvalue weighted by Crippen LogP contribution is -2.39. The lowest BCUT2D eigenvalue weighted by Gasteiger charge is -2.12. The number of ketones is 1. The fourth-order valence-electron chi connectivity index (χ4n) is 0.579. The topological polar surface area (TPSA) is 83.8 Å². The van der Waals surface area contributed by atoms with Crippen molar-refractivity contribution in [3.63, 3.8) is 0 Å². The predicted octanol–water partition coefficient (Wildman–Crippen LogP) is -1.14. The normalized spacial score (nSPS) is 15.0. The molecule has 0 saturated heterocycles. The van der Waals surface area contributed by atoms with Crippen LogP contribution in [-0.4, -0.2) is 40.8 Å². The van der Waals surface area contributed by atoms with Gasteiger partial charge in [-0.2, -0.15) is 0 Å². The van der Waals surface area contributed by atoms with Gasteiger partial charge in [-0.3, -0.25) is 4.79 Å². The summed E-state index contributed by atoms with van der Waals surface area (Å²) in [6, 6.07) is 0. The van der Waals surface area contributed by atoms with Gasteiger partial charge in [0.05, 0.1) is 6.61 Å². The fraction of sp³-hybridized carbons (Fsp3) is 0.714. The molecule has 70 valence electrons. The average molecular weight is 176 g/mol. The molecule has 5 heteroatoms. The molecule has 0 radical (unpaired) electrons. The van der Waals surface area contributed by atoms with Crippen LogP contribution in [0.25, 0.3) is 0 Å². The molecule has 0 heterocycles. The minimum absolute atomic E-state index is 0.0977. The molecule has 0 bridgehead atoms. The van der Waals surface area contributed by atoms with Crippen molar-refractivity contribution < 1.29 is 24.5 Å². The number of aliphatic hydroxyl groups is 2. The highest BCUT2D eigenvalue weighted by atomic mass is 16.5. The van der Waals surface area contributed by atoms with Gasteiger partial charge in [-0.25, -0.2) is 4.79 Å². The summed E-state index contributed by atoms with van der Waals surface area (Å²) in [5, 5.41) is 17.8. The first-order valence-electron chi connectivity index (χ1n) is 3.54. The minimum atomic E-state index is -1.78. The number of hydrogen-bond donors (Lipinski definition) is 2. The maximum absolute atomic E-state index is 10.7. The highest BCUT2D eigenvalue weighted by Crippen LogP contribution is 1.97. The van der Waals surface area contributed by atoms with Crippen LogP contribution >= 0.6 is 0 Å². The van der Waals surface area contributed by atoms with Crippen LogP contribution in [0.15, 0.2) is 0 Å². The van der Waals surface area contributed by atoms with Gasteiger partial charge in [0.25, 0.3) is 0 Å². The lowest BCUT2D eigenvalue weighted by molar-refractivity contribution is -0.162. The molecular weight excluding hydrogens is 164 g/mol. The third kappa shape index (κ3) is 2.98. The molecule has 0 spiro atoms. The Bertz CT molecular complexity index is 177. The maximum atomic E-state index is 10.7. The molecule has 0 saturated carbocycles. The monoisotopic (exact) mass is 176 g/mol. The molecule has 12 heavy (non-hydrogen) atoms. The van der Waals surface area contributed by atoms with Gasteiger partial charge in [-0.05, 0) is 13.8 Å². The van der Waals surface area contributed by atoms with Crippen molar-refractivity contribution in [1.29, 1.82) is 0 Å². The Kier molecular flexibility index (Phi) is 4.46. The van der Waals surface area contributed by atoms with E-state index in [0.717, 1.165) is 6.92 Å². The van der Waals surface area contributed by atoms with Crippen molar-refractivity contribution in [2.45, 2.75) is 26.1 Å². The van der Waals surface area contributed by atoms with E-state index in [-0.39, 0.29) is 6.61 Å². The molecule has 0 aliphatic carbocycles. The minimum Gasteiger partial charge on any atom is -0.464 e. The molecule has 0 aromatic heterocycles. The van der Waals surface area contributed by atoms with Gasteiger partial charge in [0.1, 0.15) is 6.10 Å². The molecule has 0 aromatic rings. The number of esters is 1. The Labute approximate surface area is 70.0 Å². The molecule has 0 amide bonds. The van der Waals surface area contributed by atoms with Gasteiger partial charge in [-0.1, -0.05) is 0 Å². The van der Waals surface area contributed by atoms with Crippen LogP contribution < -0.4 is 0 Å². The van der Waals surface area contributed by atoms with E-state index in [4.69, 9.17) is 10.2 Å². The molecule has 0 aliphatic heterocycles. The molecule has 0 fully saturated rings. The summed E-state index contributed by atoms with van der Waals surface area (Å²) < 4.78 is 4.37. The summed E-state index contributed by atoms with van der Waals surface area (Å²) in [4.78, 5) is 21.2. The largest absolute Gasteiger partial charge is 0.464 e. The molecule has 2 N–H and O–H groups in total. The lowest BCUT2D eigenvalue weighted by atomic mass is 10.1. The second-order valence-corrected chi connectivity index (χ2v) is 2.25. The third-order valence-corrected chi connectivity index (χ3v) is 1.24. The first kappa shape index (κ1) is 11.1. The SMILES string of the molecule is CCOC(=O)C(O)C(O)C(C)=O. The maximum Gasteiger partial charge on any atom is 0.338 e. The van der Waals surface area contributed by atoms with Crippen molar-refractivity contribution in [1.82, 2.24) is 0 Å². The van der Waals surface area contributed by atoms with E-state index in [1.807, 2.05) is 0 Å². The number of rotatable bonds is 4. The van der Waals surface area contributed by atoms with Crippen LogP contribution in [0.3, 0.4) is 0 Å². The van der Waals surface area contributed by atoms with Gasteiger partial charge < -0.3 is 14.9 Å². The number of Topliss-reactive ketones (excluding diaryl/α,β-unsaturated/α-hetero) is 1. The summed E-state index contributed by atoms with van der Waals surface area (Å²) in [6.07, 6.45) is -3.47. The van der Waals surface area contributed by atoms with E-state index < -0.39 is 24.0 Å². The molecule has 2 unspecified atom stereocenters. The summed E-state index contributed by atoms with van der Waals surface area (Å²) in [7, 11) is 0. The fourth-order valence-corrected chi connectivity index (χ4v) is 0.579. The van der Waals surface area contributed by atoms with Crippen molar-refractivity contribution in [2.75, 3.05) is 6.61 Å². The molecule has 5 nitrogen and oxygen atoms in total. The van der Waals surface area contributed by atoms with Crippen LogP contribution in [0, 0.1) is 0 Å². The predicted molar refractivity (Wildman–Crippen MR) is 39.3 cm³/mol. The zero-order valence-electron chi connectivity index (χ0n) is 6.98. The highest BCUT2D eigenvalue weighted by Gasteiger charge is 2.28. The van der Waals surface area contributed by atoms with Crippen molar-refractivity contribution in [3.05, 3.63) is 0 Å². The summed E-state index contributed by atoms with van der Waals surface area (Å²) >= 11 is 0. The van der Waals surface area contributed by atoms with Crippen molar-refractivity contribution in [3.8, 4) is 0 Å². The first-order valence-corrected chi connectivity index (χ1v) is 3.54. The van der Waals surface area contributed by atoms with E-state index in [2.05, 4.69) is 4.74 Å². The van der Waals surface area contributed by atoms with Crippen LogP contribution in [0.1, 0.15) is 13.8 Å². The molecule has 2 atom stereocenters. The summed E-state index contributed by atoms with van der Waals surface area (Å²) in [6.45, 7) is 2.73. The zero-order chi connectivity index (χ0) is 9.72. The first-order chi connectivity index (χ1) is 5.50. The number of aliphatic hydroxyl groups excluding tert-OH is 2. The second-order valence-electron chi connectivity index (χ2n) is 2.25. The van der Waals surface area contributed by atoms with E-state index in [9.17, 15) is 9.59 Å². The van der Waals surface area contributed by atoms with Crippen molar-refractivity contribution >= 4 is 11.8 Å². The van der Waals surface area contributed by atoms with Crippen LogP contribution in [-0.2, 0) is 14.3 Å².